The summed E-state index contributed by atoms with van der Waals surface area (Å²) in [5.41, 5.74) is 1.07. The number of thiazole rings is 1. The number of benzene rings is 1. The summed E-state index contributed by atoms with van der Waals surface area (Å²) in [6.07, 6.45) is 6.42. The molecule has 0 unspecified atom stereocenters. The smallest absolute Gasteiger partial charge is 0.186 e. The fraction of sp³-hybridized carbons (Fsp3) is 0.533. The maximum atomic E-state index is 9.34. The molecule has 1 aromatic heterocycles. The van der Waals surface area contributed by atoms with Crippen molar-refractivity contribution in [2.45, 2.75) is 38.1 Å². The van der Waals surface area contributed by atoms with Crippen LogP contribution in [0.1, 0.15) is 32.1 Å². The van der Waals surface area contributed by atoms with Crippen LogP contribution in [0.3, 0.4) is 0 Å². The third-order valence-electron chi connectivity index (χ3n) is 3.88. The maximum Gasteiger partial charge on any atom is 0.186 e. The van der Waals surface area contributed by atoms with Crippen molar-refractivity contribution in [3.63, 3.8) is 0 Å². The zero-order valence-electron chi connectivity index (χ0n) is 11.1. The molecule has 0 aliphatic heterocycles. The van der Waals surface area contributed by atoms with Crippen molar-refractivity contribution in [1.82, 2.24) is 4.98 Å². The second kappa shape index (κ2) is 5.88. The van der Waals surface area contributed by atoms with Crippen LogP contribution in [-0.4, -0.2) is 29.3 Å². The van der Waals surface area contributed by atoms with Crippen LogP contribution in [0.5, 0.6) is 0 Å². The zero-order chi connectivity index (χ0) is 13.1. The van der Waals surface area contributed by atoms with Crippen LogP contribution in [0.25, 0.3) is 10.2 Å². The molecule has 1 saturated carbocycles. The van der Waals surface area contributed by atoms with Crippen molar-refractivity contribution in [2.24, 2.45) is 0 Å². The van der Waals surface area contributed by atoms with Crippen LogP contribution in [-0.2, 0) is 0 Å². The highest BCUT2D eigenvalue weighted by molar-refractivity contribution is 7.22. The van der Waals surface area contributed by atoms with E-state index in [1.54, 1.807) is 11.3 Å². The third-order valence-corrected chi connectivity index (χ3v) is 4.96. The number of para-hydroxylation sites is 1. The SMILES string of the molecule is OCCN(c1nc2ccccc2s1)C1CCCCC1. The summed E-state index contributed by atoms with van der Waals surface area (Å²) in [6, 6.07) is 8.83. The van der Waals surface area contributed by atoms with E-state index >= 15 is 0 Å². The van der Waals surface area contributed by atoms with E-state index in [0.717, 1.165) is 10.6 Å². The number of hydrogen-bond donors (Lipinski definition) is 1. The predicted octanol–water partition coefficient (Wildman–Crippen LogP) is 3.43. The van der Waals surface area contributed by atoms with Gasteiger partial charge in [-0.3, -0.25) is 0 Å². The molecular formula is C15H20N2OS. The van der Waals surface area contributed by atoms with Crippen LogP contribution in [0.15, 0.2) is 24.3 Å². The Hall–Kier alpha value is -1.13. The van der Waals surface area contributed by atoms with Gasteiger partial charge in [-0.1, -0.05) is 42.7 Å². The Kier molecular flexibility index (Phi) is 3.99. The van der Waals surface area contributed by atoms with E-state index < -0.39 is 0 Å². The minimum Gasteiger partial charge on any atom is -0.395 e. The summed E-state index contributed by atoms with van der Waals surface area (Å²) < 4.78 is 1.23. The lowest BCUT2D eigenvalue weighted by molar-refractivity contribution is 0.290. The third kappa shape index (κ3) is 2.74. The Morgan fingerprint density at radius 2 is 2.00 bits per heavy atom. The van der Waals surface area contributed by atoms with Crippen molar-refractivity contribution in [3.05, 3.63) is 24.3 Å². The van der Waals surface area contributed by atoms with E-state index in [-0.39, 0.29) is 6.61 Å². The first-order valence-corrected chi connectivity index (χ1v) is 7.93. The number of nitrogens with zero attached hydrogens (tertiary/aromatic N) is 2. The Morgan fingerprint density at radius 1 is 1.21 bits per heavy atom. The van der Waals surface area contributed by atoms with E-state index in [1.807, 2.05) is 6.07 Å². The first-order valence-electron chi connectivity index (χ1n) is 7.11. The van der Waals surface area contributed by atoms with Gasteiger partial charge < -0.3 is 10.0 Å². The predicted molar refractivity (Wildman–Crippen MR) is 80.9 cm³/mol. The van der Waals surface area contributed by atoms with Crippen LogP contribution in [0.2, 0.25) is 0 Å². The van der Waals surface area contributed by atoms with Gasteiger partial charge in [0, 0.05) is 12.6 Å². The molecule has 1 aliphatic carbocycles. The van der Waals surface area contributed by atoms with Gasteiger partial charge in [-0.15, -0.1) is 0 Å². The van der Waals surface area contributed by atoms with Crippen molar-refractivity contribution in [3.8, 4) is 0 Å². The average molecular weight is 276 g/mol. The van der Waals surface area contributed by atoms with E-state index in [2.05, 4.69) is 23.1 Å². The monoisotopic (exact) mass is 276 g/mol. The van der Waals surface area contributed by atoms with Crippen LogP contribution < -0.4 is 4.90 Å². The zero-order valence-corrected chi connectivity index (χ0v) is 11.9. The first kappa shape index (κ1) is 12.9. The van der Waals surface area contributed by atoms with Crippen molar-refractivity contribution in [1.29, 1.82) is 0 Å². The molecule has 0 radical (unpaired) electrons. The molecular weight excluding hydrogens is 256 g/mol. The summed E-state index contributed by atoms with van der Waals surface area (Å²) in [4.78, 5) is 7.06. The molecule has 0 atom stereocenters. The van der Waals surface area contributed by atoms with Gasteiger partial charge in [0.2, 0.25) is 0 Å². The molecule has 1 aromatic carbocycles. The van der Waals surface area contributed by atoms with Crippen LogP contribution in [0, 0.1) is 0 Å². The van der Waals surface area contributed by atoms with Gasteiger partial charge in [0.25, 0.3) is 0 Å². The Balaban J connectivity index is 1.89. The van der Waals surface area contributed by atoms with Gasteiger partial charge in [0.05, 0.1) is 16.8 Å². The lowest BCUT2D eigenvalue weighted by Gasteiger charge is -2.33. The van der Waals surface area contributed by atoms with Gasteiger partial charge in [0.1, 0.15) is 0 Å². The largest absolute Gasteiger partial charge is 0.395 e. The number of rotatable bonds is 4. The Labute approximate surface area is 117 Å². The highest BCUT2D eigenvalue weighted by atomic mass is 32.1. The van der Waals surface area contributed by atoms with Crippen molar-refractivity contribution >= 4 is 26.7 Å². The van der Waals surface area contributed by atoms with Gasteiger partial charge in [-0.25, -0.2) is 4.98 Å². The fourth-order valence-electron chi connectivity index (χ4n) is 2.92. The van der Waals surface area contributed by atoms with Gasteiger partial charge in [-0.2, -0.15) is 0 Å². The minimum atomic E-state index is 0.201. The second-order valence-electron chi connectivity index (χ2n) is 5.17. The summed E-state index contributed by atoms with van der Waals surface area (Å²) in [6.45, 7) is 0.900. The van der Waals surface area contributed by atoms with Gasteiger partial charge >= 0.3 is 0 Å². The van der Waals surface area contributed by atoms with Gasteiger partial charge in [-0.05, 0) is 25.0 Å². The van der Waals surface area contributed by atoms with E-state index in [9.17, 15) is 5.11 Å². The summed E-state index contributed by atoms with van der Waals surface area (Å²) >= 11 is 1.74. The lowest BCUT2D eigenvalue weighted by atomic mass is 9.94. The number of anilines is 1. The summed E-state index contributed by atoms with van der Waals surface area (Å²) in [5.74, 6) is 0. The molecule has 19 heavy (non-hydrogen) atoms. The molecule has 1 N–H and O–H groups in total. The molecule has 2 aromatic rings. The molecule has 102 valence electrons. The molecule has 1 fully saturated rings. The number of aliphatic hydroxyl groups excluding tert-OH is 1. The van der Waals surface area contributed by atoms with Crippen LogP contribution >= 0.6 is 11.3 Å². The average Bonchev–Trinajstić information content (AvgIpc) is 2.89. The van der Waals surface area contributed by atoms with Crippen LogP contribution in [0.4, 0.5) is 5.13 Å². The summed E-state index contributed by atoms with van der Waals surface area (Å²) in [5, 5.41) is 10.4. The number of hydrogen-bond acceptors (Lipinski definition) is 4. The van der Waals surface area contributed by atoms with Crippen molar-refractivity contribution < 1.29 is 5.11 Å². The number of aromatic nitrogens is 1. The molecule has 0 bridgehead atoms. The fourth-order valence-corrected chi connectivity index (χ4v) is 3.98. The Morgan fingerprint density at radius 3 is 2.74 bits per heavy atom. The highest BCUT2D eigenvalue weighted by Crippen LogP contribution is 2.33. The highest BCUT2D eigenvalue weighted by Gasteiger charge is 2.23. The molecule has 0 saturated heterocycles. The topological polar surface area (TPSA) is 36.4 Å². The molecule has 1 aliphatic rings. The lowest BCUT2D eigenvalue weighted by Crippen LogP contribution is -2.38. The standard InChI is InChI=1S/C15H20N2OS/c18-11-10-17(12-6-2-1-3-7-12)15-16-13-8-4-5-9-14(13)19-15/h4-5,8-9,12,18H,1-3,6-7,10-11H2. The second-order valence-corrected chi connectivity index (χ2v) is 6.18. The number of fused-ring (bicyclic) bond motifs is 1. The Bertz CT molecular complexity index is 501. The normalized spacial score (nSPS) is 16.9. The van der Waals surface area contributed by atoms with E-state index in [1.165, 1.54) is 36.8 Å². The molecule has 1 heterocycles. The quantitative estimate of drug-likeness (QED) is 0.929. The van der Waals surface area contributed by atoms with E-state index in [4.69, 9.17) is 4.98 Å². The number of aliphatic hydroxyl groups is 1. The molecule has 4 heteroatoms. The molecule has 3 rings (SSSR count). The minimum absolute atomic E-state index is 0.201. The van der Waals surface area contributed by atoms with Gasteiger partial charge in [0.15, 0.2) is 5.13 Å². The summed E-state index contributed by atoms with van der Waals surface area (Å²) in [7, 11) is 0. The van der Waals surface area contributed by atoms with Crippen molar-refractivity contribution in [2.75, 3.05) is 18.1 Å². The first-order chi connectivity index (χ1) is 9.38. The molecule has 0 amide bonds. The molecule has 3 nitrogen and oxygen atoms in total. The maximum absolute atomic E-state index is 9.34. The van der Waals surface area contributed by atoms with E-state index in [0.29, 0.717) is 12.6 Å². The molecule has 0 spiro atoms.